The molecule has 0 aliphatic rings. The summed E-state index contributed by atoms with van der Waals surface area (Å²) in [5, 5.41) is 16.5. The molecule has 0 atom stereocenters. The Morgan fingerprint density at radius 2 is 1.86 bits per heavy atom. The third kappa shape index (κ3) is 5.84. The van der Waals surface area contributed by atoms with E-state index in [2.05, 4.69) is 0 Å². The maximum absolute atomic E-state index is 8.41. The number of aliphatic hydroxyl groups excluding tert-OH is 1. The Labute approximate surface area is 41.7 Å². The minimum atomic E-state index is -1.70. The van der Waals surface area contributed by atoms with Gasteiger partial charge in [0.1, 0.15) is 0 Å². The predicted molar refractivity (Wildman–Crippen MR) is 25.0 cm³/mol. The van der Waals surface area contributed by atoms with Crippen LogP contribution in [0.15, 0.2) is 0 Å². The van der Waals surface area contributed by atoms with Crippen molar-refractivity contribution in [2.45, 2.75) is 12.3 Å². The molecule has 0 bridgehead atoms. The van der Waals surface area contributed by atoms with Crippen molar-refractivity contribution in [3.63, 3.8) is 0 Å². The van der Waals surface area contributed by atoms with E-state index in [4.69, 9.17) is 21.7 Å². The van der Waals surface area contributed by atoms with Crippen molar-refractivity contribution < 1.29 is 10.2 Å². The van der Waals surface area contributed by atoms with Crippen LogP contribution in [0.5, 0.6) is 0 Å². The summed E-state index contributed by atoms with van der Waals surface area (Å²) in [5.74, 6) is -1.70. The molecule has 6 N–H and O–H groups in total. The summed E-state index contributed by atoms with van der Waals surface area (Å²) in [7, 11) is 0. The zero-order chi connectivity index (χ0) is 5.91. The third-order valence-electron chi connectivity index (χ3n) is 0.512. The Hall–Kier alpha value is -0.160. The fraction of sp³-hybridized carbons (Fsp3) is 1.00. The first-order chi connectivity index (χ1) is 3.06. The molecule has 0 heterocycles. The zero-order valence-electron chi connectivity index (χ0n) is 3.96. The van der Waals surface area contributed by atoms with Gasteiger partial charge in [-0.15, -0.1) is 0 Å². The lowest BCUT2D eigenvalue weighted by atomic mass is 10.3. The molecule has 4 nitrogen and oxygen atoms in total. The average Bonchev–Trinajstić information content (AvgIpc) is 1.30. The molecule has 0 aromatic rings. The largest absolute Gasteiger partial charge is 0.396 e. The zero-order valence-corrected chi connectivity index (χ0v) is 3.96. The smallest absolute Gasteiger partial charge is 0.168 e. The van der Waals surface area contributed by atoms with Crippen LogP contribution in [0.4, 0.5) is 0 Å². The van der Waals surface area contributed by atoms with Crippen LogP contribution in [0, 0.1) is 0 Å². The van der Waals surface area contributed by atoms with Crippen LogP contribution < -0.4 is 11.5 Å². The van der Waals surface area contributed by atoms with Crippen LogP contribution in [0.2, 0.25) is 0 Å². The SMILES string of the molecule is NC(N)(O)CCO. The molecule has 0 aliphatic carbocycles. The van der Waals surface area contributed by atoms with E-state index in [1.54, 1.807) is 0 Å². The molecule has 0 aromatic heterocycles. The monoisotopic (exact) mass is 106 g/mol. The van der Waals surface area contributed by atoms with Crippen LogP contribution >= 0.6 is 0 Å². The Morgan fingerprint density at radius 1 is 1.43 bits per heavy atom. The molecule has 4 heteroatoms. The molecular formula is C3H10N2O2. The van der Waals surface area contributed by atoms with E-state index >= 15 is 0 Å². The number of nitrogens with two attached hydrogens (primary N) is 2. The van der Waals surface area contributed by atoms with Gasteiger partial charge in [-0.2, -0.15) is 0 Å². The third-order valence-corrected chi connectivity index (χ3v) is 0.512. The van der Waals surface area contributed by atoms with Crippen molar-refractivity contribution in [1.29, 1.82) is 0 Å². The first-order valence-corrected chi connectivity index (χ1v) is 1.97. The van der Waals surface area contributed by atoms with Crippen molar-refractivity contribution in [2.75, 3.05) is 6.61 Å². The Balaban J connectivity index is 3.15. The molecule has 0 saturated heterocycles. The second-order valence-corrected chi connectivity index (χ2v) is 1.46. The Bertz CT molecular complexity index is 49.4. The van der Waals surface area contributed by atoms with Gasteiger partial charge in [-0.3, -0.25) is 11.5 Å². The summed E-state index contributed by atoms with van der Waals surface area (Å²) in [6.07, 6.45) is 0.00694. The lowest BCUT2D eigenvalue weighted by molar-refractivity contribution is 0.0279. The fourth-order valence-electron chi connectivity index (χ4n) is 0.179. The summed E-state index contributed by atoms with van der Waals surface area (Å²) >= 11 is 0. The van der Waals surface area contributed by atoms with Gasteiger partial charge in [0.15, 0.2) is 5.85 Å². The highest BCUT2D eigenvalue weighted by Gasteiger charge is 2.10. The summed E-state index contributed by atoms with van der Waals surface area (Å²) in [6, 6.07) is 0. The minimum absolute atomic E-state index is 0.00694. The lowest BCUT2D eigenvalue weighted by Crippen LogP contribution is -2.49. The van der Waals surface area contributed by atoms with E-state index in [0.29, 0.717) is 0 Å². The number of rotatable bonds is 2. The maximum Gasteiger partial charge on any atom is 0.168 e. The number of hydrogen-bond donors (Lipinski definition) is 4. The van der Waals surface area contributed by atoms with Gasteiger partial charge in [-0.05, 0) is 0 Å². The van der Waals surface area contributed by atoms with Gasteiger partial charge in [0.05, 0.1) is 0 Å². The molecule has 0 rings (SSSR count). The Kier molecular flexibility index (Phi) is 2.17. The highest BCUT2D eigenvalue weighted by molar-refractivity contribution is 4.57. The Morgan fingerprint density at radius 3 is 1.86 bits per heavy atom. The molecule has 0 saturated carbocycles. The second-order valence-electron chi connectivity index (χ2n) is 1.46. The quantitative estimate of drug-likeness (QED) is 0.304. The molecule has 0 amide bonds. The summed E-state index contributed by atoms with van der Waals surface area (Å²) in [4.78, 5) is 0. The maximum atomic E-state index is 8.41. The van der Waals surface area contributed by atoms with Crippen LogP contribution in [0.25, 0.3) is 0 Å². The molecule has 0 unspecified atom stereocenters. The van der Waals surface area contributed by atoms with Gasteiger partial charge in [-0.25, -0.2) is 0 Å². The predicted octanol–water partition coefficient (Wildman–Crippen LogP) is -2.07. The highest BCUT2D eigenvalue weighted by atomic mass is 16.3. The normalized spacial score (nSPS) is 12.0. The van der Waals surface area contributed by atoms with Crippen molar-refractivity contribution in [2.24, 2.45) is 11.5 Å². The number of aliphatic hydroxyl groups is 2. The van der Waals surface area contributed by atoms with Crippen LogP contribution in [0.3, 0.4) is 0 Å². The molecule has 0 fully saturated rings. The molecule has 0 aliphatic heterocycles. The van der Waals surface area contributed by atoms with E-state index in [1.165, 1.54) is 0 Å². The van der Waals surface area contributed by atoms with E-state index in [-0.39, 0.29) is 13.0 Å². The van der Waals surface area contributed by atoms with Crippen molar-refractivity contribution >= 4 is 0 Å². The fourth-order valence-corrected chi connectivity index (χ4v) is 0.179. The van der Waals surface area contributed by atoms with Gasteiger partial charge in [0.2, 0.25) is 0 Å². The molecule has 44 valence electrons. The van der Waals surface area contributed by atoms with Gasteiger partial charge in [-0.1, -0.05) is 0 Å². The van der Waals surface area contributed by atoms with E-state index in [0.717, 1.165) is 0 Å². The van der Waals surface area contributed by atoms with Crippen LogP contribution in [-0.4, -0.2) is 22.7 Å². The van der Waals surface area contributed by atoms with Gasteiger partial charge < -0.3 is 10.2 Å². The molecular weight excluding hydrogens is 96.0 g/mol. The van der Waals surface area contributed by atoms with Gasteiger partial charge in [0, 0.05) is 13.0 Å². The average molecular weight is 106 g/mol. The lowest BCUT2D eigenvalue weighted by Gasteiger charge is -2.13. The molecule has 0 radical (unpaired) electrons. The number of hydrogen-bond acceptors (Lipinski definition) is 4. The molecule has 7 heavy (non-hydrogen) atoms. The van der Waals surface area contributed by atoms with Crippen LogP contribution in [0.1, 0.15) is 6.42 Å². The minimum Gasteiger partial charge on any atom is -0.396 e. The summed E-state index contributed by atoms with van der Waals surface area (Å²) in [6.45, 7) is -0.191. The van der Waals surface area contributed by atoms with Crippen molar-refractivity contribution in [1.82, 2.24) is 0 Å². The summed E-state index contributed by atoms with van der Waals surface area (Å²) in [5.41, 5.74) is 9.64. The first-order valence-electron chi connectivity index (χ1n) is 1.97. The second kappa shape index (κ2) is 2.23. The molecule has 0 aromatic carbocycles. The van der Waals surface area contributed by atoms with E-state index < -0.39 is 5.85 Å². The van der Waals surface area contributed by atoms with Gasteiger partial charge >= 0.3 is 0 Å². The van der Waals surface area contributed by atoms with Crippen molar-refractivity contribution in [3.05, 3.63) is 0 Å². The van der Waals surface area contributed by atoms with E-state index in [9.17, 15) is 0 Å². The van der Waals surface area contributed by atoms with Gasteiger partial charge in [0.25, 0.3) is 0 Å². The molecule has 0 spiro atoms. The van der Waals surface area contributed by atoms with Crippen LogP contribution in [-0.2, 0) is 0 Å². The standard InChI is InChI=1S/C3H10N2O2/c4-3(5,7)1-2-6/h6-7H,1-2,4-5H2. The van der Waals surface area contributed by atoms with E-state index in [1.807, 2.05) is 0 Å². The first kappa shape index (κ1) is 6.84. The highest BCUT2D eigenvalue weighted by Crippen LogP contribution is 1.87. The topological polar surface area (TPSA) is 92.5 Å². The summed E-state index contributed by atoms with van der Waals surface area (Å²) < 4.78 is 0. The van der Waals surface area contributed by atoms with Crippen molar-refractivity contribution in [3.8, 4) is 0 Å².